The molecule has 2 rings (SSSR count). The molecule has 5 heteroatoms. The number of ether oxygens (including phenoxy) is 1. The average Bonchev–Trinajstić information content (AvgIpc) is 2.73. The molecule has 1 aromatic carbocycles. The second-order valence-electron chi connectivity index (χ2n) is 5.29. The monoisotopic (exact) mass is 290 g/mol. The minimum absolute atomic E-state index is 0.0388. The van der Waals surface area contributed by atoms with Crippen LogP contribution in [0.2, 0.25) is 0 Å². The van der Waals surface area contributed by atoms with Crippen LogP contribution in [-0.4, -0.2) is 38.6 Å². The van der Waals surface area contributed by atoms with E-state index in [2.05, 4.69) is 11.4 Å². The van der Waals surface area contributed by atoms with Crippen molar-refractivity contribution in [3.05, 3.63) is 29.3 Å². The number of hydrogen-bond donors (Lipinski definition) is 1. The molecule has 0 aliphatic carbocycles. The van der Waals surface area contributed by atoms with Crippen LogP contribution in [0, 0.1) is 0 Å². The number of nitrogens with zero attached hydrogens (tertiary/aromatic N) is 1. The topological polar surface area (TPSA) is 58.6 Å². The van der Waals surface area contributed by atoms with Crippen LogP contribution in [0.1, 0.15) is 24.5 Å². The summed E-state index contributed by atoms with van der Waals surface area (Å²) < 4.78 is 4.98. The molecule has 114 valence electrons. The van der Waals surface area contributed by atoms with Crippen LogP contribution in [0.5, 0.6) is 0 Å². The van der Waals surface area contributed by atoms with Gasteiger partial charge < -0.3 is 15.0 Å². The highest BCUT2D eigenvalue weighted by Crippen LogP contribution is 2.28. The van der Waals surface area contributed by atoms with Crippen molar-refractivity contribution < 1.29 is 14.3 Å². The Morgan fingerprint density at radius 1 is 1.48 bits per heavy atom. The molecule has 1 atom stereocenters. The highest BCUT2D eigenvalue weighted by Gasteiger charge is 2.24. The third-order valence-electron chi connectivity index (χ3n) is 3.83. The lowest BCUT2D eigenvalue weighted by molar-refractivity contribution is -0.143. The summed E-state index contributed by atoms with van der Waals surface area (Å²) in [5, 5.41) is 3.15. The van der Waals surface area contributed by atoms with Gasteiger partial charge in [0.15, 0.2) is 0 Å². The minimum Gasteiger partial charge on any atom is -0.466 e. The number of carbonyl (C=O) groups is 2. The Morgan fingerprint density at radius 2 is 2.24 bits per heavy atom. The van der Waals surface area contributed by atoms with Crippen molar-refractivity contribution in [3.8, 4) is 0 Å². The molecule has 1 aromatic rings. The Balaban J connectivity index is 2.04. The smallest absolute Gasteiger partial charge is 0.307 e. The number of nitrogens with one attached hydrogen (secondary N) is 1. The maximum atomic E-state index is 11.7. The van der Waals surface area contributed by atoms with Gasteiger partial charge in [-0.15, -0.1) is 0 Å². The van der Waals surface area contributed by atoms with E-state index < -0.39 is 0 Å². The Hall–Kier alpha value is -1.88. The molecule has 1 heterocycles. The molecular formula is C16H22N2O3. The predicted octanol–water partition coefficient (Wildman–Crippen LogP) is 1.29. The standard InChI is InChI=1S/C16H22N2O3/c1-4-21-16(20)10-13(17-2)8-11-5-6-14-12(7-11)9-15(19)18(14)3/h5-7,13,17H,4,8-10H2,1-3H3. The molecule has 0 bridgehead atoms. The first-order chi connectivity index (χ1) is 10.0. The van der Waals surface area contributed by atoms with E-state index >= 15 is 0 Å². The number of anilines is 1. The van der Waals surface area contributed by atoms with Gasteiger partial charge in [-0.1, -0.05) is 12.1 Å². The highest BCUT2D eigenvalue weighted by atomic mass is 16.5. The number of amides is 1. The second-order valence-corrected chi connectivity index (χ2v) is 5.29. The summed E-state index contributed by atoms with van der Waals surface area (Å²) in [5.41, 5.74) is 3.17. The van der Waals surface area contributed by atoms with Gasteiger partial charge in [0.2, 0.25) is 5.91 Å². The van der Waals surface area contributed by atoms with Gasteiger partial charge in [-0.25, -0.2) is 0 Å². The summed E-state index contributed by atoms with van der Waals surface area (Å²) in [6, 6.07) is 6.10. The predicted molar refractivity (Wildman–Crippen MR) is 81.4 cm³/mol. The van der Waals surface area contributed by atoms with Gasteiger partial charge >= 0.3 is 5.97 Å². The van der Waals surface area contributed by atoms with Crippen LogP contribution in [0.25, 0.3) is 0 Å². The molecule has 1 aliphatic heterocycles. The summed E-state index contributed by atoms with van der Waals surface area (Å²) in [6.07, 6.45) is 1.54. The van der Waals surface area contributed by atoms with E-state index in [1.54, 1.807) is 18.9 Å². The molecule has 5 nitrogen and oxygen atoms in total. The number of hydrogen-bond acceptors (Lipinski definition) is 4. The van der Waals surface area contributed by atoms with Crippen molar-refractivity contribution in [2.45, 2.75) is 32.2 Å². The first-order valence-electron chi connectivity index (χ1n) is 7.26. The molecule has 1 unspecified atom stereocenters. The minimum atomic E-state index is -0.187. The number of carbonyl (C=O) groups excluding carboxylic acids is 2. The third kappa shape index (κ3) is 3.61. The van der Waals surface area contributed by atoms with Gasteiger partial charge in [-0.3, -0.25) is 9.59 Å². The molecule has 0 radical (unpaired) electrons. The van der Waals surface area contributed by atoms with E-state index in [1.807, 2.05) is 19.2 Å². The van der Waals surface area contributed by atoms with Crippen LogP contribution >= 0.6 is 0 Å². The quantitative estimate of drug-likeness (QED) is 0.802. The number of likely N-dealkylation sites (N-methyl/N-ethyl adjacent to an activating group) is 2. The number of fused-ring (bicyclic) bond motifs is 1. The first-order valence-corrected chi connectivity index (χ1v) is 7.26. The Morgan fingerprint density at radius 3 is 2.90 bits per heavy atom. The van der Waals surface area contributed by atoms with Crippen LogP contribution in [0.3, 0.4) is 0 Å². The highest BCUT2D eigenvalue weighted by molar-refractivity contribution is 6.00. The van der Waals surface area contributed by atoms with E-state index in [0.29, 0.717) is 19.4 Å². The summed E-state index contributed by atoms with van der Waals surface area (Å²) >= 11 is 0. The molecule has 0 saturated carbocycles. The number of esters is 1. The van der Waals surface area contributed by atoms with Crippen molar-refractivity contribution >= 4 is 17.6 Å². The van der Waals surface area contributed by atoms with Gasteiger partial charge in [-0.05, 0) is 37.6 Å². The van der Waals surface area contributed by atoms with Crippen LogP contribution in [0.4, 0.5) is 5.69 Å². The summed E-state index contributed by atoms with van der Waals surface area (Å²) in [5.74, 6) is -0.0632. The molecule has 1 aliphatic rings. The molecule has 1 N–H and O–H groups in total. The summed E-state index contributed by atoms with van der Waals surface area (Å²) in [6.45, 7) is 2.21. The normalized spacial score (nSPS) is 15.0. The third-order valence-corrected chi connectivity index (χ3v) is 3.83. The maximum absolute atomic E-state index is 11.7. The summed E-state index contributed by atoms with van der Waals surface area (Å²) in [7, 11) is 3.64. The molecule has 0 aromatic heterocycles. The molecule has 0 saturated heterocycles. The Kier molecular flexibility index (Phi) is 4.96. The average molecular weight is 290 g/mol. The Labute approximate surface area is 125 Å². The number of rotatable bonds is 6. The Bertz CT molecular complexity index is 542. The van der Waals surface area contributed by atoms with Gasteiger partial charge in [-0.2, -0.15) is 0 Å². The van der Waals surface area contributed by atoms with Crippen LogP contribution in [-0.2, 0) is 27.2 Å². The molecule has 0 fully saturated rings. The fourth-order valence-electron chi connectivity index (χ4n) is 2.63. The van der Waals surface area contributed by atoms with Gasteiger partial charge in [0.1, 0.15) is 0 Å². The van der Waals surface area contributed by atoms with Crippen molar-refractivity contribution in [2.75, 3.05) is 25.6 Å². The van der Waals surface area contributed by atoms with E-state index in [0.717, 1.165) is 23.2 Å². The fraction of sp³-hybridized carbons (Fsp3) is 0.500. The second kappa shape index (κ2) is 6.72. The van der Waals surface area contributed by atoms with Crippen molar-refractivity contribution in [2.24, 2.45) is 0 Å². The SMILES string of the molecule is CCOC(=O)CC(Cc1ccc2c(c1)CC(=O)N2C)NC. The maximum Gasteiger partial charge on any atom is 0.307 e. The van der Waals surface area contributed by atoms with E-state index in [9.17, 15) is 9.59 Å². The van der Waals surface area contributed by atoms with Crippen molar-refractivity contribution in [3.63, 3.8) is 0 Å². The van der Waals surface area contributed by atoms with Crippen LogP contribution in [0.15, 0.2) is 18.2 Å². The zero-order chi connectivity index (χ0) is 15.4. The molecule has 1 amide bonds. The van der Waals surface area contributed by atoms with E-state index in [4.69, 9.17) is 4.74 Å². The lowest BCUT2D eigenvalue weighted by Gasteiger charge is -2.16. The van der Waals surface area contributed by atoms with Crippen molar-refractivity contribution in [1.29, 1.82) is 0 Å². The van der Waals surface area contributed by atoms with Crippen LogP contribution < -0.4 is 10.2 Å². The van der Waals surface area contributed by atoms with Crippen molar-refractivity contribution in [1.82, 2.24) is 5.32 Å². The summed E-state index contributed by atoms with van der Waals surface area (Å²) in [4.78, 5) is 24.9. The zero-order valence-electron chi connectivity index (χ0n) is 12.8. The van der Waals surface area contributed by atoms with E-state index in [1.165, 1.54) is 0 Å². The number of benzene rings is 1. The first kappa shape index (κ1) is 15.5. The van der Waals surface area contributed by atoms with E-state index in [-0.39, 0.29) is 17.9 Å². The zero-order valence-corrected chi connectivity index (χ0v) is 12.8. The lowest BCUT2D eigenvalue weighted by Crippen LogP contribution is -2.31. The molecular weight excluding hydrogens is 268 g/mol. The van der Waals surface area contributed by atoms with Gasteiger partial charge in [0.25, 0.3) is 0 Å². The fourth-order valence-corrected chi connectivity index (χ4v) is 2.63. The molecule has 21 heavy (non-hydrogen) atoms. The largest absolute Gasteiger partial charge is 0.466 e. The molecule has 0 spiro atoms. The van der Waals surface area contributed by atoms with Gasteiger partial charge in [0.05, 0.1) is 19.4 Å². The lowest BCUT2D eigenvalue weighted by atomic mass is 10.0. The van der Waals surface area contributed by atoms with Gasteiger partial charge in [0, 0.05) is 18.8 Å².